The van der Waals surface area contributed by atoms with Gasteiger partial charge in [0.05, 0.1) is 0 Å². The molecule has 1 aliphatic rings. The van der Waals surface area contributed by atoms with E-state index in [9.17, 15) is 0 Å². The molecule has 0 bridgehead atoms. The summed E-state index contributed by atoms with van der Waals surface area (Å²) in [6.07, 6.45) is 2.48. The van der Waals surface area contributed by atoms with Crippen LogP contribution in [-0.2, 0) is 11.3 Å². The lowest BCUT2D eigenvalue weighted by atomic mass is 10.2. The molecule has 0 aliphatic carbocycles. The van der Waals surface area contributed by atoms with Gasteiger partial charge in [0.25, 0.3) is 0 Å². The fourth-order valence-corrected chi connectivity index (χ4v) is 2.43. The Balaban J connectivity index is 2.22. The molecule has 0 spiro atoms. The lowest BCUT2D eigenvalue weighted by Crippen LogP contribution is -2.28. The second-order valence-corrected chi connectivity index (χ2v) is 4.88. The van der Waals surface area contributed by atoms with E-state index in [1.165, 1.54) is 12.8 Å². The van der Waals surface area contributed by atoms with E-state index in [0.29, 0.717) is 19.3 Å². The van der Waals surface area contributed by atoms with Gasteiger partial charge in [-0.05, 0) is 33.6 Å². The third-order valence-corrected chi connectivity index (χ3v) is 3.40. The Labute approximate surface area is 115 Å². The van der Waals surface area contributed by atoms with Crippen molar-refractivity contribution in [2.45, 2.75) is 46.3 Å². The fourth-order valence-electron chi connectivity index (χ4n) is 2.43. The Morgan fingerprint density at radius 1 is 1.42 bits per heavy atom. The lowest BCUT2D eigenvalue weighted by molar-refractivity contribution is 0.128. The van der Waals surface area contributed by atoms with Gasteiger partial charge in [-0.15, -0.1) is 0 Å². The summed E-state index contributed by atoms with van der Waals surface area (Å²) < 4.78 is 5.43. The van der Waals surface area contributed by atoms with Gasteiger partial charge in [-0.1, -0.05) is 0 Å². The number of aromatic nitrogens is 2. The summed E-state index contributed by atoms with van der Waals surface area (Å²) >= 11 is 0. The van der Waals surface area contributed by atoms with Crippen LogP contribution in [0.4, 0.5) is 11.6 Å². The zero-order chi connectivity index (χ0) is 13.7. The van der Waals surface area contributed by atoms with Crippen LogP contribution in [-0.4, -0.2) is 35.7 Å². The van der Waals surface area contributed by atoms with E-state index < -0.39 is 0 Å². The van der Waals surface area contributed by atoms with Gasteiger partial charge >= 0.3 is 0 Å². The second kappa shape index (κ2) is 6.70. The van der Waals surface area contributed by atoms with Crippen LogP contribution in [0.3, 0.4) is 0 Å². The molecule has 19 heavy (non-hydrogen) atoms. The van der Waals surface area contributed by atoms with Crippen molar-refractivity contribution >= 4 is 11.6 Å². The Hall–Kier alpha value is -1.36. The summed E-state index contributed by atoms with van der Waals surface area (Å²) in [5, 5.41) is 3.27. The van der Waals surface area contributed by atoms with Crippen LogP contribution < -0.4 is 10.2 Å². The number of anilines is 2. The Morgan fingerprint density at radius 2 is 2.26 bits per heavy atom. The molecule has 0 radical (unpaired) electrons. The molecular formula is C14H24N4O. The van der Waals surface area contributed by atoms with Crippen molar-refractivity contribution in [3.05, 3.63) is 11.9 Å². The lowest BCUT2D eigenvalue weighted by Gasteiger charge is -2.23. The van der Waals surface area contributed by atoms with E-state index in [-0.39, 0.29) is 0 Å². The van der Waals surface area contributed by atoms with Crippen molar-refractivity contribution in [3.8, 4) is 0 Å². The Kier molecular flexibility index (Phi) is 4.96. The van der Waals surface area contributed by atoms with Gasteiger partial charge in [-0.3, -0.25) is 0 Å². The summed E-state index contributed by atoms with van der Waals surface area (Å²) in [6, 6.07) is 2.60. The molecule has 5 nitrogen and oxygen atoms in total. The van der Waals surface area contributed by atoms with Gasteiger partial charge in [0.1, 0.15) is 18.2 Å². The fraction of sp³-hybridized carbons (Fsp3) is 0.714. The number of hydrogen-bond acceptors (Lipinski definition) is 5. The van der Waals surface area contributed by atoms with Crippen molar-refractivity contribution in [2.75, 3.05) is 29.9 Å². The molecule has 0 amide bonds. The first-order valence-corrected chi connectivity index (χ1v) is 7.20. The topological polar surface area (TPSA) is 50.3 Å². The molecule has 1 saturated heterocycles. The number of nitrogens with zero attached hydrogens (tertiary/aromatic N) is 3. The van der Waals surface area contributed by atoms with Gasteiger partial charge < -0.3 is 15.0 Å². The molecular weight excluding hydrogens is 240 g/mol. The van der Waals surface area contributed by atoms with Crippen LogP contribution in [0.5, 0.6) is 0 Å². The molecule has 2 rings (SSSR count). The largest absolute Gasteiger partial charge is 0.374 e. The smallest absolute Gasteiger partial charge is 0.158 e. The van der Waals surface area contributed by atoms with E-state index in [2.05, 4.69) is 34.0 Å². The van der Waals surface area contributed by atoms with Crippen molar-refractivity contribution in [2.24, 2.45) is 0 Å². The van der Waals surface area contributed by atoms with Crippen LogP contribution in [0.2, 0.25) is 0 Å². The van der Waals surface area contributed by atoms with Crippen LogP contribution in [0.1, 0.15) is 39.4 Å². The van der Waals surface area contributed by atoms with E-state index in [1.807, 2.05) is 13.0 Å². The zero-order valence-electron chi connectivity index (χ0n) is 12.1. The number of ether oxygens (including phenoxy) is 1. The van der Waals surface area contributed by atoms with E-state index in [0.717, 1.165) is 30.5 Å². The molecule has 5 heteroatoms. The predicted molar refractivity (Wildman–Crippen MR) is 77.6 cm³/mol. The predicted octanol–water partition coefficient (Wildman–Crippen LogP) is 2.43. The minimum Gasteiger partial charge on any atom is -0.374 e. The Bertz CT molecular complexity index is 410. The third kappa shape index (κ3) is 3.56. The maximum absolute atomic E-state index is 5.43. The molecule has 1 aromatic heterocycles. The molecule has 1 atom stereocenters. The highest BCUT2D eigenvalue weighted by Crippen LogP contribution is 2.25. The molecule has 1 N–H and O–H groups in total. The monoisotopic (exact) mass is 264 g/mol. The van der Waals surface area contributed by atoms with E-state index in [4.69, 9.17) is 4.74 Å². The number of hydrogen-bond donors (Lipinski definition) is 1. The third-order valence-electron chi connectivity index (χ3n) is 3.40. The average Bonchev–Trinajstić information content (AvgIpc) is 2.83. The summed E-state index contributed by atoms with van der Waals surface area (Å²) in [4.78, 5) is 11.5. The maximum Gasteiger partial charge on any atom is 0.158 e. The highest BCUT2D eigenvalue weighted by molar-refractivity contribution is 5.50. The first kappa shape index (κ1) is 14.1. The molecule has 1 aromatic rings. The molecule has 2 heterocycles. The van der Waals surface area contributed by atoms with Crippen LogP contribution >= 0.6 is 0 Å². The minimum atomic E-state index is 0.477. The van der Waals surface area contributed by atoms with Crippen LogP contribution in [0.15, 0.2) is 6.07 Å². The summed E-state index contributed by atoms with van der Waals surface area (Å²) in [5.41, 5.74) is 0. The first-order chi connectivity index (χ1) is 9.24. The molecule has 106 valence electrons. The van der Waals surface area contributed by atoms with Gasteiger partial charge in [0.15, 0.2) is 5.82 Å². The van der Waals surface area contributed by atoms with E-state index >= 15 is 0 Å². The summed E-state index contributed by atoms with van der Waals surface area (Å²) in [5.74, 6) is 2.67. The number of nitrogens with one attached hydrogen (secondary N) is 1. The summed E-state index contributed by atoms with van der Waals surface area (Å²) in [7, 11) is 0. The average molecular weight is 264 g/mol. The van der Waals surface area contributed by atoms with E-state index in [1.54, 1.807) is 0 Å². The normalized spacial score (nSPS) is 18.9. The minimum absolute atomic E-state index is 0.477. The van der Waals surface area contributed by atoms with Gasteiger partial charge in [-0.2, -0.15) is 0 Å². The SMILES string of the molecule is CCNc1cc(N2CCCC2C)nc(COCC)n1. The molecule has 1 fully saturated rings. The van der Waals surface area contributed by atoms with Crippen molar-refractivity contribution < 1.29 is 4.74 Å². The van der Waals surface area contributed by atoms with Gasteiger partial charge in [-0.25, -0.2) is 9.97 Å². The Morgan fingerprint density at radius 3 is 2.89 bits per heavy atom. The first-order valence-electron chi connectivity index (χ1n) is 7.20. The quantitative estimate of drug-likeness (QED) is 0.855. The second-order valence-electron chi connectivity index (χ2n) is 4.88. The van der Waals surface area contributed by atoms with Crippen LogP contribution in [0, 0.1) is 0 Å². The summed E-state index contributed by atoms with van der Waals surface area (Å²) in [6.45, 7) is 9.41. The molecule has 1 unspecified atom stereocenters. The molecule has 0 saturated carbocycles. The van der Waals surface area contributed by atoms with Gasteiger partial charge in [0.2, 0.25) is 0 Å². The molecule has 0 aromatic carbocycles. The standard InChI is InChI=1S/C14H24N4O/c1-4-15-12-9-14(18-8-6-7-11(18)3)17-13(16-12)10-19-5-2/h9,11H,4-8,10H2,1-3H3,(H,15,16,17). The number of rotatable bonds is 6. The maximum atomic E-state index is 5.43. The molecule has 1 aliphatic heterocycles. The van der Waals surface area contributed by atoms with Crippen molar-refractivity contribution in [1.82, 2.24) is 9.97 Å². The van der Waals surface area contributed by atoms with Crippen molar-refractivity contribution in [1.29, 1.82) is 0 Å². The van der Waals surface area contributed by atoms with Gasteiger partial charge in [0, 0.05) is 31.8 Å². The van der Waals surface area contributed by atoms with Crippen LogP contribution in [0.25, 0.3) is 0 Å². The highest BCUT2D eigenvalue weighted by atomic mass is 16.5. The zero-order valence-corrected chi connectivity index (χ0v) is 12.1. The van der Waals surface area contributed by atoms with Crippen molar-refractivity contribution in [3.63, 3.8) is 0 Å². The highest BCUT2D eigenvalue weighted by Gasteiger charge is 2.22.